The van der Waals surface area contributed by atoms with Gasteiger partial charge in [-0.1, -0.05) is 34.4 Å². The Hall–Kier alpha value is -2.31. The molecule has 2 rings (SSSR count). The summed E-state index contributed by atoms with van der Waals surface area (Å²) in [6.45, 7) is 5.11. The van der Waals surface area contributed by atoms with Crippen molar-refractivity contribution in [1.82, 2.24) is 10.5 Å². The Kier molecular flexibility index (Phi) is 6.22. The molecule has 0 spiro atoms. The number of nitrogens with one attached hydrogen (secondary N) is 1. The van der Waals surface area contributed by atoms with Gasteiger partial charge in [-0.3, -0.25) is 4.79 Å². The van der Waals surface area contributed by atoms with Gasteiger partial charge in [-0.05, 0) is 32.9 Å². The average molecular weight is 383 g/mol. The highest BCUT2D eigenvalue weighted by Gasteiger charge is 2.25. The largest absolute Gasteiger partial charge is 0.463 e. The molecule has 8 heteroatoms. The zero-order valence-electron chi connectivity index (χ0n) is 13.9. The van der Waals surface area contributed by atoms with E-state index in [-0.39, 0.29) is 17.9 Å². The summed E-state index contributed by atoms with van der Waals surface area (Å²) in [6, 6.07) is 4.97. The van der Waals surface area contributed by atoms with Crippen LogP contribution in [-0.4, -0.2) is 23.6 Å². The second-order valence-electron chi connectivity index (χ2n) is 5.09. The molecule has 132 valence electrons. The highest BCUT2D eigenvalue weighted by molar-refractivity contribution is 6.39. The molecule has 0 unspecified atom stereocenters. The number of ether oxygens (including phenoxy) is 1. The summed E-state index contributed by atoms with van der Waals surface area (Å²) < 4.78 is 9.94. The molecule has 0 aliphatic heterocycles. The van der Waals surface area contributed by atoms with Gasteiger partial charge in [0.05, 0.1) is 16.7 Å². The maximum atomic E-state index is 12.6. The molecule has 2 aromatic rings. The first-order valence-corrected chi connectivity index (χ1v) is 8.17. The van der Waals surface area contributed by atoms with Crippen LogP contribution in [0.3, 0.4) is 0 Å². The first-order chi connectivity index (χ1) is 11.8. The zero-order valence-corrected chi connectivity index (χ0v) is 15.4. The Bertz CT molecular complexity index is 823. The quantitative estimate of drug-likeness (QED) is 0.620. The topological polar surface area (TPSA) is 81.4 Å². The van der Waals surface area contributed by atoms with Crippen LogP contribution < -0.4 is 5.32 Å². The van der Waals surface area contributed by atoms with E-state index in [9.17, 15) is 9.59 Å². The number of halogens is 2. The SMILES string of the molecule is CCOC(=O)/C=C(/C)NC(=O)c1c(-c2c(Cl)cccc2Cl)noc1C. The molecule has 0 saturated heterocycles. The maximum Gasteiger partial charge on any atom is 0.332 e. The van der Waals surface area contributed by atoms with Crippen LogP contribution in [0.25, 0.3) is 11.3 Å². The van der Waals surface area contributed by atoms with Crippen molar-refractivity contribution in [3.8, 4) is 11.3 Å². The van der Waals surface area contributed by atoms with Crippen molar-refractivity contribution < 1.29 is 18.8 Å². The molecule has 25 heavy (non-hydrogen) atoms. The van der Waals surface area contributed by atoms with Crippen molar-refractivity contribution in [2.24, 2.45) is 0 Å². The van der Waals surface area contributed by atoms with Gasteiger partial charge in [-0.2, -0.15) is 0 Å². The number of amides is 1. The predicted octanol–water partition coefficient (Wildman–Crippen LogP) is 4.15. The Morgan fingerprint density at radius 1 is 1.32 bits per heavy atom. The minimum absolute atomic E-state index is 0.187. The maximum absolute atomic E-state index is 12.6. The minimum atomic E-state index is -0.545. The monoisotopic (exact) mass is 382 g/mol. The number of hydrogen-bond donors (Lipinski definition) is 1. The minimum Gasteiger partial charge on any atom is -0.463 e. The van der Waals surface area contributed by atoms with E-state index in [2.05, 4.69) is 10.5 Å². The molecule has 0 fully saturated rings. The molecule has 0 bridgehead atoms. The van der Waals surface area contributed by atoms with Crippen LogP contribution in [0.1, 0.15) is 30.0 Å². The molecular formula is C17H16Cl2N2O4. The summed E-state index contributed by atoms with van der Waals surface area (Å²) in [4.78, 5) is 24.1. The van der Waals surface area contributed by atoms with Crippen LogP contribution >= 0.6 is 23.2 Å². The lowest BCUT2D eigenvalue weighted by atomic mass is 10.1. The van der Waals surface area contributed by atoms with Gasteiger partial charge < -0.3 is 14.6 Å². The summed E-state index contributed by atoms with van der Waals surface area (Å²) in [6.07, 6.45) is 1.19. The van der Waals surface area contributed by atoms with Gasteiger partial charge in [0.1, 0.15) is 17.0 Å². The number of benzene rings is 1. The highest BCUT2D eigenvalue weighted by Crippen LogP contribution is 2.36. The number of esters is 1. The number of nitrogens with zero attached hydrogens (tertiary/aromatic N) is 1. The Morgan fingerprint density at radius 3 is 2.56 bits per heavy atom. The number of rotatable bonds is 5. The summed E-state index contributed by atoms with van der Waals surface area (Å²) in [5, 5.41) is 7.19. The molecular weight excluding hydrogens is 367 g/mol. The van der Waals surface area contributed by atoms with Crippen LogP contribution in [0.2, 0.25) is 10.0 Å². The van der Waals surface area contributed by atoms with Crippen molar-refractivity contribution in [1.29, 1.82) is 0 Å². The number of allylic oxidation sites excluding steroid dienone is 1. The van der Waals surface area contributed by atoms with Gasteiger partial charge in [0.25, 0.3) is 5.91 Å². The van der Waals surface area contributed by atoms with Gasteiger partial charge in [0, 0.05) is 17.3 Å². The van der Waals surface area contributed by atoms with Crippen LogP contribution in [-0.2, 0) is 9.53 Å². The fourth-order valence-corrected chi connectivity index (χ4v) is 2.75. The van der Waals surface area contributed by atoms with E-state index in [0.717, 1.165) is 0 Å². The lowest BCUT2D eigenvalue weighted by Crippen LogP contribution is -2.23. The predicted molar refractivity (Wildman–Crippen MR) is 94.6 cm³/mol. The van der Waals surface area contributed by atoms with Gasteiger partial charge in [0.2, 0.25) is 0 Å². The van der Waals surface area contributed by atoms with Gasteiger partial charge in [-0.15, -0.1) is 0 Å². The zero-order chi connectivity index (χ0) is 18.6. The van der Waals surface area contributed by atoms with Crippen molar-refractivity contribution in [3.05, 3.63) is 51.3 Å². The molecule has 6 nitrogen and oxygen atoms in total. The van der Waals surface area contributed by atoms with Crippen molar-refractivity contribution in [2.75, 3.05) is 6.61 Å². The van der Waals surface area contributed by atoms with Crippen molar-refractivity contribution in [3.63, 3.8) is 0 Å². The lowest BCUT2D eigenvalue weighted by molar-refractivity contribution is -0.137. The fraction of sp³-hybridized carbons (Fsp3) is 0.235. The molecule has 1 aromatic carbocycles. The fourth-order valence-electron chi connectivity index (χ4n) is 2.17. The number of hydrogen-bond acceptors (Lipinski definition) is 5. The molecule has 0 atom stereocenters. The average Bonchev–Trinajstić information content (AvgIpc) is 2.88. The molecule has 0 saturated carbocycles. The Morgan fingerprint density at radius 2 is 1.96 bits per heavy atom. The summed E-state index contributed by atoms with van der Waals surface area (Å²) >= 11 is 12.4. The lowest BCUT2D eigenvalue weighted by Gasteiger charge is -2.08. The van der Waals surface area contributed by atoms with E-state index >= 15 is 0 Å². The summed E-state index contributed by atoms with van der Waals surface area (Å²) in [5.41, 5.74) is 1.14. The smallest absolute Gasteiger partial charge is 0.332 e. The van der Waals surface area contributed by atoms with E-state index < -0.39 is 11.9 Å². The Balaban J connectivity index is 2.36. The van der Waals surface area contributed by atoms with Crippen molar-refractivity contribution in [2.45, 2.75) is 20.8 Å². The summed E-state index contributed by atoms with van der Waals surface area (Å²) in [7, 11) is 0. The van der Waals surface area contributed by atoms with E-state index in [0.29, 0.717) is 27.1 Å². The van der Waals surface area contributed by atoms with Crippen LogP contribution in [0.15, 0.2) is 34.5 Å². The first-order valence-electron chi connectivity index (χ1n) is 7.42. The third kappa shape index (κ3) is 4.41. The second-order valence-corrected chi connectivity index (χ2v) is 5.91. The molecule has 0 aliphatic carbocycles. The molecule has 1 aromatic heterocycles. The van der Waals surface area contributed by atoms with Gasteiger partial charge in [0.15, 0.2) is 0 Å². The van der Waals surface area contributed by atoms with E-state index in [1.165, 1.54) is 6.08 Å². The van der Waals surface area contributed by atoms with Gasteiger partial charge >= 0.3 is 5.97 Å². The van der Waals surface area contributed by atoms with E-state index in [1.54, 1.807) is 39.0 Å². The van der Waals surface area contributed by atoms with E-state index in [4.69, 9.17) is 32.5 Å². The molecule has 1 heterocycles. The number of aryl methyl sites for hydroxylation is 1. The third-order valence-corrected chi connectivity index (χ3v) is 3.85. The van der Waals surface area contributed by atoms with E-state index in [1.807, 2.05) is 0 Å². The molecule has 0 radical (unpaired) electrons. The normalized spacial score (nSPS) is 11.3. The molecule has 1 N–H and O–H groups in total. The third-order valence-electron chi connectivity index (χ3n) is 3.22. The van der Waals surface area contributed by atoms with Crippen LogP contribution in [0.5, 0.6) is 0 Å². The molecule has 1 amide bonds. The number of carbonyl (C=O) groups is 2. The van der Waals surface area contributed by atoms with Crippen LogP contribution in [0.4, 0.5) is 0 Å². The standard InChI is InChI=1S/C17H16Cl2N2O4/c1-4-24-13(22)8-9(2)20-17(23)14-10(3)25-21-16(14)15-11(18)6-5-7-12(15)19/h5-8H,4H2,1-3H3,(H,20,23)/b9-8-. The number of carbonyl (C=O) groups excluding carboxylic acids is 2. The van der Waals surface area contributed by atoms with Crippen molar-refractivity contribution >= 4 is 35.1 Å². The Labute approximate surface area is 154 Å². The second kappa shape index (κ2) is 8.18. The first kappa shape index (κ1) is 19.0. The highest BCUT2D eigenvalue weighted by atomic mass is 35.5. The summed E-state index contributed by atoms with van der Waals surface area (Å²) in [5.74, 6) is -0.744. The van der Waals surface area contributed by atoms with Crippen LogP contribution in [0, 0.1) is 6.92 Å². The molecule has 0 aliphatic rings. The number of aromatic nitrogens is 1. The van der Waals surface area contributed by atoms with Gasteiger partial charge in [-0.25, -0.2) is 4.79 Å².